The number of likely N-dealkylation sites (N-methyl/N-ethyl adjacent to an activating group) is 1. The van der Waals surface area contributed by atoms with Crippen molar-refractivity contribution >= 4 is 0 Å². The lowest BCUT2D eigenvalue weighted by Crippen LogP contribution is -2.46. The van der Waals surface area contributed by atoms with E-state index in [1.54, 1.807) is 0 Å². The molecular weight excluding hydrogens is 164 g/mol. The summed E-state index contributed by atoms with van der Waals surface area (Å²) < 4.78 is 5.41. The number of ether oxygens (including phenoxy) is 1. The summed E-state index contributed by atoms with van der Waals surface area (Å²) in [6.45, 7) is 4.27. The highest BCUT2D eigenvalue weighted by Crippen LogP contribution is 2.18. The molecule has 0 unspecified atom stereocenters. The lowest BCUT2D eigenvalue weighted by atomic mass is 10.0. The van der Waals surface area contributed by atoms with Gasteiger partial charge in [-0.1, -0.05) is 0 Å². The molecule has 2 heterocycles. The molecule has 13 heavy (non-hydrogen) atoms. The van der Waals surface area contributed by atoms with Crippen LogP contribution < -0.4 is 5.32 Å². The Morgan fingerprint density at radius 3 is 2.54 bits per heavy atom. The molecule has 0 spiro atoms. The molecule has 0 saturated carbocycles. The van der Waals surface area contributed by atoms with Gasteiger partial charge < -0.3 is 10.1 Å². The lowest BCUT2D eigenvalue weighted by Gasteiger charge is -2.35. The first-order valence-electron chi connectivity index (χ1n) is 5.38. The molecule has 2 aliphatic rings. The van der Waals surface area contributed by atoms with Crippen LogP contribution in [-0.4, -0.2) is 50.3 Å². The van der Waals surface area contributed by atoms with E-state index < -0.39 is 0 Å². The first-order chi connectivity index (χ1) is 6.38. The van der Waals surface area contributed by atoms with Gasteiger partial charge in [-0.3, -0.25) is 4.90 Å². The van der Waals surface area contributed by atoms with E-state index in [4.69, 9.17) is 4.74 Å². The molecule has 2 fully saturated rings. The topological polar surface area (TPSA) is 24.5 Å². The van der Waals surface area contributed by atoms with Crippen molar-refractivity contribution in [1.29, 1.82) is 0 Å². The summed E-state index contributed by atoms with van der Waals surface area (Å²) in [5.41, 5.74) is 0. The molecule has 1 N–H and O–H groups in total. The summed E-state index contributed by atoms with van der Waals surface area (Å²) in [6.07, 6.45) is 3.82. The first kappa shape index (κ1) is 9.44. The average molecular weight is 184 g/mol. The fourth-order valence-corrected chi connectivity index (χ4v) is 2.36. The van der Waals surface area contributed by atoms with E-state index in [2.05, 4.69) is 17.3 Å². The Balaban J connectivity index is 1.83. The molecule has 2 rings (SSSR count). The third-order valence-corrected chi connectivity index (χ3v) is 3.37. The predicted octanol–water partition coefficient (Wildman–Crippen LogP) is 0.459. The Morgan fingerprint density at radius 2 is 1.92 bits per heavy atom. The number of nitrogens with one attached hydrogen (secondary N) is 1. The van der Waals surface area contributed by atoms with Gasteiger partial charge in [0.05, 0.1) is 6.61 Å². The van der Waals surface area contributed by atoms with Gasteiger partial charge in [-0.15, -0.1) is 0 Å². The molecule has 3 nitrogen and oxygen atoms in total. The summed E-state index contributed by atoms with van der Waals surface area (Å²) in [5, 5.41) is 3.40. The van der Waals surface area contributed by atoms with Gasteiger partial charge >= 0.3 is 0 Å². The number of nitrogens with zero attached hydrogens (tertiary/aromatic N) is 1. The van der Waals surface area contributed by atoms with E-state index in [0.29, 0.717) is 6.04 Å². The van der Waals surface area contributed by atoms with Crippen LogP contribution in [0, 0.1) is 0 Å². The van der Waals surface area contributed by atoms with E-state index >= 15 is 0 Å². The molecule has 0 radical (unpaired) electrons. The normalized spacial score (nSPS) is 31.4. The van der Waals surface area contributed by atoms with Crippen molar-refractivity contribution in [2.45, 2.75) is 31.3 Å². The van der Waals surface area contributed by atoms with Crippen LogP contribution in [0.4, 0.5) is 0 Å². The maximum atomic E-state index is 5.41. The van der Waals surface area contributed by atoms with Gasteiger partial charge in [-0.25, -0.2) is 0 Å². The zero-order valence-corrected chi connectivity index (χ0v) is 8.46. The zero-order chi connectivity index (χ0) is 9.10. The predicted molar refractivity (Wildman–Crippen MR) is 52.9 cm³/mol. The van der Waals surface area contributed by atoms with E-state index in [1.165, 1.54) is 32.4 Å². The van der Waals surface area contributed by atoms with Crippen molar-refractivity contribution < 1.29 is 4.74 Å². The summed E-state index contributed by atoms with van der Waals surface area (Å²) in [5.74, 6) is 0. The smallest absolute Gasteiger partial charge is 0.0622 e. The van der Waals surface area contributed by atoms with Gasteiger partial charge in [0.15, 0.2) is 0 Å². The second-order valence-corrected chi connectivity index (χ2v) is 4.16. The van der Waals surface area contributed by atoms with Crippen LogP contribution in [0.3, 0.4) is 0 Å². The van der Waals surface area contributed by atoms with Gasteiger partial charge in [-0.2, -0.15) is 0 Å². The Bertz CT molecular complexity index is 151. The highest BCUT2D eigenvalue weighted by Gasteiger charge is 2.26. The molecule has 2 aliphatic heterocycles. The maximum absolute atomic E-state index is 5.41. The average Bonchev–Trinajstić information content (AvgIpc) is 2.71. The molecule has 0 amide bonds. The number of hydrogen-bond donors (Lipinski definition) is 1. The monoisotopic (exact) mass is 184 g/mol. The van der Waals surface area contributed by atoms with E-state index in [1.807, 2.05) is 0 Å². The summed E-state index contributed by atoms with van der Waals surface area (Å²) in [7, 11) is 2.26. The van der Waals surface area contributed by atoms with Crippen LogP contribution in [0.5, 0.6) is 0 Å². The molecule has 2 saturated heterocycles. The standard InChI is InChI=1S/C10H20N2O/c1-12(10-4-7-13-8-10)9-2-5-11-6-3-9/h9-11H,2-8H2,1H3/t10-/m1/s1. The van der Waals surface area contributed by atoms with Crippen LogP contribution in [-0.2, 0) is 4.74 Å². The van der Waals surface area contributed by atoms with E-state index in [-0.39, 0.29) is 0 Å². The quantitative estimate of drug-likeness (QED) is 0.675. The van der Waals surface area contributed by atoms with Gasteiger partial charge in [0, 0.05) is 18.7 Å². The summed E-state index contributed by atoms with van der Waals surface area (Å²) in [4.78, 5) is 2.54. The molecule has 0 aromatic carbocycles. The molecule has 1 atom stereocenters. The van der Waals surface area contributed by atoms with Crippen molar-refractivity contribution in [3.8, 4) is 0 Å². The highest BCUT2D eigenvalue weighted by atomic mass is 16.5. The number of piperidine rings is 1. The van der Waals surface area contributed by atoms with Crippen molar-refractivity contribution in [3.63, 3.8) is 0 Å². The molecular formula is C10H20N2O. The van der Waals surface area contributed by atoms with Gasteiger partial charge in [0.2, 0.25) is 0 Å². The highest BCUT2D eigenvalue weighted by molar-refractivity contribution is 4.82. The van der Waals surface area contributed by atoms with Crippen molar-refractivity contribution in [2.75, 3.05) is 33.4 Å². The maximum Gasteiger partial charge on any atom is 0.0622 e. The molecule has 0 bridgehead atoms. The van der Waals surface area contributed by atoms with Crippen LogP contribution >= 0.6 is 0 Å². The fourth-order valence-electron chi connectivity index (χ4n) is 2.36. The Labute approximate surface area is 80.4 Å². The Morgan fingerprint density at radius 1 is 1.15 bits per heavy atom. The molecule has 0 aliphatic carbocycles. The molecule has 0 aromatic rings. The first-order valence-corrected chi connectivity index (χ1v) is 5.38. The van der Waals surface area contributed by atoms with E-state index in [9.17, 15) is 0 Å². The largest absolute Gasteiger partial charge is 0.380 e. The van der Waals surface area contributed by atoms with Crippen LogP contribution in [0.1, 0.15) is 19.3 Å². The van der Waals surface area contributed by atoms with Crippen LogP contribution in [0.25, 0.3) is 0 Å². The van der Waals surface area contributed by atoms with Crippen molar-refractivity contribution in [1.82, 2.24) is 10.2 Å². The lowest BCUT2D eigenvalue weighted by molar-refractivity contribution is 0.116. The Hall–Kier alpha value is -0.120. The SMILES string of the molecule is CN(C1CCNCC1)[C@@H]1CCOC1. The second-order valence-electron chi connectivity index (χ2n) is 4.16. The van der Waals surface area contributed by atoms with Gasteiger partial charge in [0.1, 0.15) is 0 Å². The van der Waals surface area contributed by atoms with Crippen LogP contribution in [0.2, 0.25) is 0 Å². The van der Waals surface area contributed by atoms with Gasteiger partial charge in [0.25, 0.3) is 0 Å². The third-order valence-electron chi connectivity index (χ3n) is 3.37. The third kappa shape index (κ3) is 2.22. The minimum atomic E-state index is 0.683. The number of hydrogen-bond acceptors (Lipinski definition) is 3. The minimum absolute atomic E-state index is 0.683. The molecule has 76 valence electrons. The zero-order valence-electron chi connectivity index (χ0n) is 8.46. The Kier molecular flexibility index (Phi) is 3.19. The summed E-state index contributed by atoms with van der Waals surface area (Å²) >= 11 is 0. The fraction of sp³-hybridized carbons (Fsp3) is 1.00. The number of rotatable bonds is 2. The minimum Gasteiger partial charge on any atom is -0.380 e. The van der Waals surface area contributed by atoms with Crippen molar-refractivity contribution in [2.24, 2.45) is 0 Å². The second kappa shape index (κ2) is 4.40. The molecule has 0 aromatic heterocycles. The van der Waals surface area contributed by atoms with Gasteiger partial charge in [-0.05, 0) is 39.4 Å². The van der Waals surface area contributed by atoms with E-state index in [0.717, 1.165) is 19.3 Å². The van der Waals surface area contributed by atoms with Crippen molar-refractivity contribution in [3.05, 3.63) is 0 Å². The summed E-state index contributed by atoms with van der Waals surface area (Å²) in [6, 6.07) is 1.47. The van der Waals surface area contributed by atoms with Crippen LogP contribution in [0.15, 0.2) is 0 Å². The molecule has 3 heteroatoms.